The summed E-state index contributed by atoms with van der Waals surface area (Å²) < 4.78 is 10.9. The Morgan fingerprint density at radius 2 is 2.13 bits per heavy atom. The Kier molecular flexibility index (Phi) is 4.70. The van der Waals surface area contributed by atoms with Gasteiger partial charge in [-0.3, -0.25) is 19.8 Å². The Labute approximate surface area is 136 Å². The van der Waals surface area contributed by atoms with Gasteiger partial charge in [-0.1, -0.05) is 0 Å². The average Bonchev–Trinajstić information content (AvgIpc) is 3.18. The van der Waals surface area contributed by atoms with Crippen molar-refractivity contribution in [2.45, 2.75) is 6.54 Å². The van der Waals surface area contributed by atoms with E-state index >= 15 is 0 Å². The summed E-state index contributed by atoms with van der Waals surface area (Å²) in [6, 6.07) is 3.40. The molecule has 1 saturated heterocycles. The van der Waals surface area contributed by atoms with Gasteiger partial charge in [0, 0.05) is 18.5 Å². The van der Waals surface area contributed by atoms with Crippen molar-refractivity contribution in [1.82, 2.24) is 9.88 Å². The van der Waals surface area contributed by atoms with E-state index < -0.39 is 11.8 Å². The van der Waals surface area contributed by atoms with Gasteiger partial charge in [-0.05, 0) is 12.1 Å². The van der Waals surface area contributed by atoms with Gasteiger partial charge in [-0.2, -0.15) is 0 Å². The van der Waals surface area contributed by atoms with Crippen LogP contribution in [0.1, 0.15) is 26.8 Å². The van der Waals surface area contributed by atoms with Crippen molar-refractivity contribution in [1.29, 1.82) is 0 Å². The summed E-state index contributed by atoms with van der Waals surface area (Å²) in [5.41, 5.74) is 5.24. The quantitative estimate of drug-likeness (QED) is 0.840. The fourth-order valence-electron chi connectivity index (χ4n) is 2.17. The zero-order valence-electron chi connectivity index (χ0n) is 12.3. The van der Waals surface area contributed by atoms with Crippen LogP contribution in [0, 0.1) is 0 Å². The molecule has 0 radical (unpaired) electrons. The molecular formula is C14H16N4O4S. The van der Waals surface area contributed by atoms with Gasteiger partial charge in [0.25, 0.3) is 11.8 Å². The average molecular weight is 336 g/mol. The van der Waals surface area contributed by atoms with Crippen LogP contribution in [0.3, 0.4) is 0 Å². The molecule has 0 unspecified atom stereocenters. The highest BCUT2D eigenvalue weighted by Crippen LogP contribution is 2.18. The molecule has 0 aromatic carbocycles. The highest BCUT2D eigenvalue weighted by atomic mass is 32.1. The van der Waals surface area contributed by atoms with Crippen LogP contribution in [-0.4, -0.2) is 48.0 Å². The zero-order valence-corrected chi connectivity index (χ0v) is 13.1. The molecule has 0 spiro atoms. The van der Waals surface area contributed by atoms with Crippen molar-refractivity contribution in [3.8, 4) is 0 Å². The third-order valence-electron chi connectivity index (χ3n) is 3.35. The number of rotatable bonds is 5. The molecule has 1 fully saturated rings. The van der Waals surface area contributed by atoms with Gasteiger partial charge in [0.1, 0.15) is 11.5 Å². The fourth-order valence-corrected chi connectivity index (χ4v) is 2.86. The molecule has 23 heavy (non-hydrogen) atoms. The number of thiazole rings is 1. The molecule has 0 atom stereocenters. The maximum Gasteiger partial charge on any atom is 0.293 e. The fraction of sp³-hybridized carbons (Fsp3) is 0.357. The summed E-state index contributed by atoms with van der Waals surface area (Å²) in [6.07, 6.45) is 0. The molecule has 0 saturated carbocycles. The molecule has 8 nitrogen and oxygen atoms in total. The number of nitrogens with two attached hydrogens (primary N) is 1. The number of carbonyl (C=O) groups is 2. The summed E-state index contributed by atoms with van der Waals surface area (Å²) in [5.74, 6) is -0.130. The van der Waals surface area contributed by atoms with Crippen LogP contribution in [-0.2, 0) is 11.3 Å². The first kappa shape index (κ1) is 15.7. The number of primary amides is 1. The number of nitrogens with one attached hydrogen (secondary N) is 1. The number of amides is 2. The number of carbonyl (C=O) groups excluding carboxylic acids is 2. The third-order valence-corrected chi connectivity index (χ3v) is 4.10. The lowest BCUT2D eigenvalue weighted by Gasteiger charge is -2.25. The first-order valence-electron chi connectivity index (χ1n) is 7.07. The van der Waals surface area contributed by atoms with Crippen LogP contribution in [0.4, 0.5) is 5.13 Å². The molecule has 0 aliphatic carbocycles. The van der Waals surface area contributed by atoms with E-state index in [1.54, 1.807) is 12.1 Å². The van der Waals surface area contributed by atoms with Gasteiger partial charge in [0.2, 0.25) is 0 Å². The predicted molar refractivity (Wildman–Crippen MR) is 83.4 cm³/mol. The van der Waals surface area contributed by atoms with Crippen LogP contribution in [0.5, 0.6) is 0 Å². The van der Waals surface area contributed by atoms with Crippen molar-refractivity contribution in [3.05, 3.63) is 34.7 Å². The highest BCUT2D eigenvalue weighted by molar-refractivity contribution is 7.14. The van der Waals surface area contributed by atoms with Crippen LogP contribution < -0.4 is 11.1 Å². The number of hydrogen-bond acceptors (Lipinski definition) is 7. The second-order valence-electron chi connectivity index (χ2n) is 5.01. The molecule has 1 aliphatic heterocycles. The third kappa shape index (κ3) is 3.95. The molecule has 3 rings (SSSR count). The highest BCUT2D eigenvalue weighted by Gasteiger charge is 2.17. The minimum Gasteiger partial charge on any atom is -0.455 e. The number of morpholine rings is 1. The minimum atomic E-state index is -0.632. The van der Waals surface area contributed by atoms with Gasteiger partial charge in [-0.25, -0.2) is 4.98 Å². The normalized spacial score (nSPS) is 15.5. The molecule has 122 valence electrons. The molecule has 3 heterocycles. The van der Waals surface area contributed by atoms with E-state index in [0.29, 0.717) is 30.7 Å². The van der Waals surface area contributed by atoms with Crippen LogP contribution in [0.15, 0.2) is 21.9 Å². The molecule has 9 heteroatoms. The topological polar surface area (TPSA) is 111 Å². The van der Waals surface area contributed by atoms with E-state index in [0.717, 1.165) is 24.4 Å². The second-order valence-corrected chi connectivity index (χ2v) is 5.87. The smallest absolute Gasteiger partial charge is 0.293 e. The van der Waals surface area contributed by atoms with Crippen LogP contribution >= 0.6 is 11.3 Å². The second kappa shape index (κ2) is 6.90. The maximum atomic E-state index is 12.1. The predicted octanol–water partition coefficient (Wildman–Crippen LogP) is 0.919. The van der Waals surface area contributed by atoms with Crippen LogP contribution in [0.25, 0.3) is 0 Å². The van der Waals surface area contributed by atoms with Crippen molar-refractivity contribution in [2.75, 3.05) is 31.6 Å². The molecule has 2 amide bonds. The number of furan rings is 1. The van der Waals surface area contributed by atoms with E-state index in [-0.39, 0.29) is 11.5 Å². The van der Waals surface area contributed by atoms with Crippen molar-refractivity contribution in [2.24, 2.45) is 5.73 Å². The molecule has 2 aromatic rings. The van der Waals surface area contributed by atoms with Crippen LogP contribution in [0.2, 0.25) is 0 Å². The number of ether oxygens (including phenoxy) is 1. The standard InChI is InChI=1S/C14H16N4O4S/c15-12(19)10-8-23-14(16-10)17-13(20)11-2-1-9(22-11)7-18-3-5-21-6-4-18/h1-2,8H,3-7H2,(H2,15,19)(H,16,17,20). The van der Waals surface area contributed by atoms with Crippen molar-refractivity contribution >= 4 is 28.3 Å². The Bertz CT molecular complexity index is 705. The molecule has 2 aromatic heterocycles. The molecular weight excluding hydrogens is 320 g/mol. The summed E-state index contributed by atoms with van der Waals surface area (Å²) in [6.45, 7) is 3.74. The van der Waals surface area contributed by atoms with E-state index in [1.807, 2.05) is 0 Å². The SMILES string of the molecule is NC(=O)c1csc(NC(=O)c2ccc(CN3CCOCC3)o2)n1. The van der Waals surface area contributed by atoms with Gasteiger partial charge < -0.3 is 14.9 Å². The van der Waals surface area contributed by atoms with E-state index in [2.05, 4.69) is 15.2 Å². The summed E-state index contributed by atoms with van der Waals surface area (Å²) in [5, 5.41) is 4.37. The van der Waals surface area contributed by atoms with Gasteiger partial charge in [0.15, 0.2) is 10.9 Å². The number of nitrogens with zero attached hydrogens (tertiary/aromatic N) is 2. The molecule has 1 aliphatic rings. The first-order valence-corrected chi connectivity index (χ1v) is 7.95. The maximum absolute atomic E-state index is 12.1. The number of anilines is 1. The molecule has 0 bridgehead atoms. The lowest BCUT2D eigenvalue weighted by Crippen LogP contribution is -2.35. The van der Waals surface area contributed by atoms with Crippen molar-refractivity contribution in [3.63, 3.8) is 0 Å². The van der Waals surface area contributed by atoms with Gasteiger partial charge in [0.05, 0.1) is 19.8 Å². The lowest BCUT2D eigenvalue weighted by atomic mass is 10.3. The van der Waals surface area contributed by atoms with E-state index in [1.165, 1.54) is 5.38 Å². The molecule has 3 N–H and O–H groups in total. The van der Waals surface area contributed by atoms with Crippen molar-refractivity contribution < 1.29 is 18.7 Å². The Balaban J connectivity index is 1.60. The van der Waals surface area contributed by atoms with E-state index in [4.69, 9.17) is 14.9 Å². The van der Waals surface area contributed by atoms with Gasteiger partial charge >= 0.3 is 0 Å². The monoisotopic (exact) mass is 336 g/mol. The Morgan fingerprint density at radius 3 is 2.83 bits per heavy atom. The zero-order chi connectivity index (χ0) is 16.2. The summed E-state index contributed by atoms with van der Waals surface area (Å²) in [7, 11) is 0. The lowest BCUT2D eigenvalue weighted by molar-refractivity contribution is 0.0312. The number of aromatic nitrogens is 1. The van der Waals surface area contributed by atoms with Gasteiger partial charge in [-0.15, -0.1) is 11.3 Å². The Hall–Kier alpha value is -2.23. The minimum absolute atomic E-state index is 0.123. The van der Waals surface area contributed by atoms with E-state index in [9.17, 15) is 9.59 Å². The largest absolute Gasteiger partial charge is 0.455 e. The first-order chi connectivity index (χ1) is 11.1. The Morgan fingerprint density at radius 1 is 1.35 bits per heavy atom. The number of hydrogen-bond donors (Lipinski definition) is 2. The summed E-state index contributed by atoms with van der Waals surface area (Å²) >= 11 is 1.13. The summed E-state index contributed by atoms with van der Waals surface area (Å²) in [4.78, 5) is 29.2.